The van der Waals surface area contributed by atoms with Gasteiger partial charge in [0.2, 0.25) is 0 Å². The second-order valence-corrected chi connectivity index (χ2v) is 7.12. The van der Waals surface area contributed by atoms with Crippen LogP contribution in [-0.2, 0) is 10.2 Å². The molecule has 1 fully saturated rings. The van der Waals surface area contributed by atoms with Gasteiger partial charge >= 0.3 is 5.97 Å². The third-order valence-electron chi connectivity index (χ3n) is 3.26. The Balaban J connectivity index is 2.17. The van der Waals surface area contributed by atoms with E-state index in [0.29, 0.717) is 5.56 Å². The first-order chi connectivity index (χ1) is 9.36. The van der Waals surface area contributed by atoms with Crippen molar-refractivity contribution in [2.45, 2.75) is 50.2 Å². The summed E-state index contributed by atoms with van der Waals surface area (Å²) >= 11 is 1.58. The number of hydrogen-bond donors (Lipinski definition) is 1. The molecule has 1 aromatic heterocycles. The molecule has 0 amide bonds. The molecule has 1 unspecified atom stereocenters. The summed E-state index contributed by atoms with van der Waals surface area (Å²) in [4.78, 5) is 15.8. The molecule has 2 rings (SSSR count). The number of pyridine rings is 1. The molecule has 1 atom stereocenters. The minimum Gasteiger partial charge on any atom is -0.478 e. The zero-order chi connectivity index (χ0) is 14.8. The lowest BCUT2D eigenvalue weighted by Crippen LogP contribution is -2.16. The molecule has 0 spiro atoms. The summed E-state index contributed by atoms with van der Waals surface area (Å²) < 4.78 is 5.58. The molecule has 1 N–H and O–H groups in total. The number of aromatic carboxylic acids is 1. The van der Waals surface area contributed by atoms with Crippen LogP contribution in [0.25, 0.3) is 0 Å². The number of carbonyl (C=O) groups is 1. The molecule has 20 heavy (non-hydrogen) atoms. The van der Waals surface area contributed by atoms with E-state index < -0.39 is 5.97 Å². The lowest BCUT2D eigenvalue weighted by molar-refractivity contribution is 0.0696. The van der Waals surface area contributed by atoms with E-state index in [0.717, 1.165) is 35.9 Å². The van der Waals surface area contributed by atoms with E-state index in [1.165, 1.54) is 0 Å². The molecule has 0 aliphatic carbocycles. The van der Waals surface area contributed by atoms with Gasteiger partial charge in [-0.15, -0.1) is 11.8 Å². The Labute approximate surface area is 123 Å². The number of carboxylic acid groups (broad SMARTS) is 1. The van der Waals surface area contributed by atoms with Crippen LogP contribution in [0, 0.1) is 0 Å². The van der Waals surface area contributed by atoms with Gasteiger partial charge < -0.3 is 9.84 Å². The zero-order valence-corrected chi connectivity index (χ0v) is 13.0. The van der Waals surface area contributed by atoms with Crippen molar-refractivity contribution in [1.29, 1.82) is 0 Å². The van der Waals surface area contributed by atoms with Crippen LogP contribution in [0.2, 0.25) is 0 Å². The van der Waals surface area contributed by atoms with Gasteiger partial charge in [0.05, 0.1) is 16.7 Å². The van der Waals surface area contributed by atoms with Gasteiger partial charge in [0, 0.05) is 23.5 Å². The van der Waals surface area contributed by atoms with Crippen molar-refractivity contribution in [3.63, 3.8) is 0 Å². The number of aromatic nitrogens is 1. The normalized spacial score (nSPS) is 19.2. The predicted octanol–water partition coefficient (Wildman–Crippen LogP) is 3.35. The summed E-state index contributed by atoms with van der Waals surface area (Å²) in [5, 5.41) is 9.99. The van der Waals surface area contributed by atoms with Crippen molar-refractivity contribution in [1.82, 2.24) is 4.98 Å². The molecule has 0 saturated carbocycles. The number of ether oxygens (including phenoxy) is 1. The second-order valence-electron chi connectivity index (χ2n) is 6.08. The lowest BCUT2D eigenvalue weighted by Gasteiger charge is -2.19. The van der Waals surface area contributed by atoms with Crippen LogP contribution >= 0.6 is 11.8 Å². The molecule has 0 radical (unpaired) electrons. The van der Waals surface area contributed by atoms with Crippen LogP contribution in [0.4, 0.5) is 0 Å². The fourth-order valence-electron chi connectivity index (χ4n) is 2.04. The van der Waals surface area contributed by atoms with E-state index in [2.05, 4.69) is 4.98 Å². The van der Waals surface area contributed by atoms with E-state index in [4.69, 9.17) is 4.74 Å². The molecule has 1 aliphatic rings. The molecular weight excluding hydrogens is 274 g/mol. The highest BCUT2D eigenvalue weighted by Gasteiger charge is 2.20. The van der Waals surface area contributed by atoms with Crippen LogP contribution in [0.1, 0.15) is 49.7 Å². The van der Waals surface area contributed by atoms with Crippen LogP contribution in [-0.4, -0.2) is 34.5 Å². The first-order valence-corrected chi connectivity index (χ1v) is 7.85. The summed E-state index contributed by atoms with van der Waals surface area (Å²) in [6.45, 7) is 6.95. The Morgan fingerprint density at radius 1 is 1.50 bits per heavy atom. The standard InChI is InChI=1S/C15H21NO3S/c1-15(2,3)12-7-10(14(17)18)8-13(16-12)20-9-11-5-4-6-19-11/h7-8,11H,4-6,9H2,1-3H3,(H,17,18). The van der Waals surface area contributed by atoms with E-state index in [1.54, 1.807) is 23.9 Å². The highest BCUT2D eigenvalue weighted by atomic mass is 32.2. The summed E-state index contributed by atoms with van der Waals surface area (Å²) in [6.07, 6.45) is 2.46. The Morgan fingerprint density at radius 3 is 2.80 bits per heavy atom. The number of nitrogens with zero attached hydrogens (tertiary/aromatic N) is 1. The van der Waals surface area contributed by atoms with E-state index >= 15 is 0 Å². The molecule has 0 bridgehead atoms. The quantitative estimate of drug-likeness (QED) is 0.863. The summed E-state index contributed by atoms with van der Waals surface area (Å²) in [7, 11) is 0. The second kappa shape index (κ2) is 6.14. The Morgan fingerprint density at radius 2 is 2.25 bits per heavy atom. The zero-order valence-electron chi connectivity index (χ0n) is 12.2. The molecule has 110 valence electrons. The van der Waals surface area contributed by atoms with Crippen LogP contribution in [0.15, 0.2) is 17.2 Å². The monoisotopic (exact) mass is 295 g/mol. The number of thioether (sulfide) groups is 1. The van der Waals surface area contributed by atoms with Crippen molar-refractivity contribution in [2.75, 3.05) is 12.4 Å². The fourth-order valence-corrected chi connectivity index (χ4v) is 3.03. The highest BCUT2D eigenvalue weighted by Crippen LogP contribution is 2.27. The predicted molar refractivity (Wildman–Crippen MR) is 79.6 cm³/mol. The third kappa shape index (κ3) is 3.96. The van der Waals surface area contributed by atoms with Crippen molar-refractivity contribution in [3.05, 3.63) is 23.4 Å². The number of carboxylic acids is 1. The molecule has 5 heteroatoms. The third-order valence-corrected chi connectivity index (χ3v) is 4.30. The van der Waals surface area contributed by atoms with Gasteiger partial charge in [0.1, 0.15) is 0 Å². The first kappa shape index (κ1) is 15.3. The van der Waals surface area contributed by atoms with Crippen LogP contribution in [0.3, 0.4) is 0 Å². The number of hydrogen-bond acceptors (Lipinski definition) is 4. The average molecular weight is 295 g/mol. The smallest absolute Gasteiger partial charge is 0.335 e. The molecule has 1 aromatic rings. The van der Waals surface area contributed by atoms with Gasteiger partial charge in [-0.3, -0.25) is 0 Å². The molecule has 1 saturated heterocycles. The average Bonchev–Trinajstić information content (AvgIpc) is 2.88. The minimum absolute atomic E-state index is 0.162. The Bertz CT molecular complexity index is 490. The maximum absolute atomic E-state index is 11.2. The molecule has 0 aromatic carbocycles. The Hall–Kier alpha value is -1.07. The SMILES string of the molecule is CC(C)(C)c1cc(C(=O)O)cc(SCC2CCCO2)n1. The van der Waals surface area contributed by atoms with Gasteiger partial charge in [-0.2, -0.15) is 0 Å². The van der Waals surface area contributed by atoms with E-state index in [-0.39, 0.29) is 11.5 Å². The van der Waals surface area contributed by atoms with Crippen molar-refractivity contribution < 1.29 is 14.6 Å². The largest absolute Gasteiger partial charge is 0.478 e. The molecular formula is C15H21NO3S. The van der Waals surface area contributed by atoms with Crippen LogP contribution < -0.4 is 0 Å². The topological polar surface area (TPSA) is 59.4 Å². The van der Waals surface area contributed by atoms with Crippen molar-refractivity contribution in [2.24, 2.45) is 0 Å². The maximum atomic E-state index is 11.2. The van der Waals surface area contributed by atoms with Crippen molar-refractivity contribution in [3.8, 4) is 0 Å². The lowest BCUT2D eigenvalue weighted by atomic mass is 9.91. The summed E-state index contributed by atoms with van der Waals surface area (Å²) in [5.41, 5.74) is 0.956. The van der Waals surface area contributed by atoms with Crippen LogP contribution in [0.5, 0.6) is 0 Å². The van der Waals surface area contributed by atoms with Gasteiger partial charge in [0.15, 0.2) is 0 Å². The van der Waals surface area contributed by atoms with Gasteiger partial charge in [-0.25, -0.2) is 9.78 Å². The molecule has 1 aliphatic heterocycles. The summed E-state index contributed by atoms with van der Waals surface area (Å²) in [5.74, 6) is -0.0727. The number of rotatable bonds is 4. The molecule has 4 nitrogen and oxygen atoms in total. The first-order valence-electron chi connectivity index (χ1n) is 6.86. The van der Waals surface area contributed by atoms with Gasteiger partial charge in [-0.05, 0) is 25.0 Å². The fraction of sp³-hybridized carbons (Fsp3) is 0.600. The molecule has 2 heterocycles. The summed E-state index contributed by atoms with van der Waals surface area (Å²) in [6, 6.07) is 3.32. The highest BCUT2D eigenvalue weighted by molar-refractivity contribution is 7.99. The van der Waals surface area contributed by atoms with Crippen molar-refractivity contribution >= 4 is 17.7 Å². The van der Waals surface area contributed by atoms with E-state index in [9.17, 15) is 9.90 Å². The van der Waals surface area contributed by atoms with Gasteiger partial charge in [-0.1, -0.05) is 20.8 Å². The van der Waals surface area contributed by atoms with E-state index in [1.807, 2.05) is 20.8 Å². The minimum atomic E-state index is -0.906. The maximum Gasteiger partial charge on any atom is 0.335 e. The Kier molecular flexibility index (Phi) is 4.70. The van der Waals surface area contributed by atoms with Gasteiger partial charge in [0.25, 0.3) is 0 Å².